The summed E-state index contributed by atoms with van der Waals surface area (Å²) >= 11 is 0. The van der Waals surface area contributed by atoms with E-state index in [1.165, 1.54) is 12.1 Å². The SMILES string of the molecule is Cl.O=C(O)c1ccc(OC2CCN(C(=O)CC3COCCN3)CC2)cc1. The topological polar surface area (TPSA) is 88.1 Å². The standard InChI is InChI=1S/C18H24N2O5.ClH/c21-17(11-14-12-24-10-7-19-14)20-8-5-16(6-9-20)25-15-3-1-13(2-4-15)18(22)23;/h1-4,14,16,19H,5-12H2,(H,22,23);1H. The van der Waals surface area contributed by atoms with Crippen LogP contribution in [0, 0.1) is 0 Å². The predicted octanol–water partition coefficient (Wildman–Crippen LogP) is 1.55. The molecule has 0 spiro atoms. The number of hydrogen-bond donors (Lipinski definition) is 2. The minimum absolute atomic E-state index is 0. The molecule has 144 valence electrons. The van der Waals surface area contributed by atoms with Gasteiger partial charge in [-0.2, -0.15) is 0 Å². The van der Waals surface area contributed by atoms with Crippen molar-refractivity contribution >= 4 is 24.3 Å². The van der Waals surface area contributed by atoms with Crippen LogP contribution >= 0.6 is 12.4 Å². The van der Waals surface area contributed by atoms with Gasteiger partial charge in [0.05, 0.1) is 18.8 Å². The van der Waals surface area contributed by atoms with Gasteiger partial charge in [-0.05, 0) is 24.3 Å². The van der Waals surface area contributed by atoms with Gasteiger partial charge in [-0.15, -0.1) is 12.4 Å². The number of benzene rings is 1. The normalized spacial score (nSPS) is 20.9. The molecule has 1 aromatic carbocycles. The predicted molar refractivity (Wildman–Crippen MR) is 98.1 cm³/mol. The summed E-state index contributed by atoms with van der Waals surface area (Å²) in [6.07, 6.45) is 2.08. The van der Waals surface area contributed by atoms with Crippen molar-refractivity contribution in [3.63, 3.8) is 0 Å². The van der Waals surface area contributed by atoms with E-state index in [-0.39, 0.29) is 36.0 Å². The maximum absolute atomic E-state index is 12.4. The molecule has 0 aromatic heterocycles. The largest absolute Gasteiger partial charge is 0.490 e. The van der Waals surface area contributed by atoms with Gasteiger partial charge < -0.3 is 24.8 Å². The Morgan fingerprint density at radius 3 is 2.50 bits per heavy atom. The lowest BCUT2D eigenvalue weighted by Crippen LogP contribution is -2.47. The third kappa shape index (κ3) is 5.59. The molecule has 2 fully saturated rings. The minimum Gasteiger partial charge on any atom is -0.490 e. The molecule has 0 bridgehead atoms. The fraction of sp³-hybridized carbons (Fsp3) is 0.556. The van der Waals surface area contributed by atoms with E-state index in [1.54, 1.807) is 12.1 Å². The van der Waals surface area contributed by atoms with Gasteiger partial charge in [0.2, 0.25) is 5.91 Å². The molecule has 3 rings (SSSR count). The van der Waals surface area contributed by atoms with Gasteiger partial charge in [-0.1, -0.05) is 0 Å². The second-order valence-electron chi connectivity index (χ2n) is 6.46. The Balaban J connectivity index is 0.00000243. The quantitative estimate of drug-likeness (QED) is 0.800. The molecule has 2 heterocycles. The number of rotatable bonds is 5. The van der Waals surface area contributed by atoms with E-state index < -0.39 is 5.97 Å². The fourth-order valence-electron chi connectivity index (χ4n) is 3.18. The van der Waals surface area contributed by atoms with Crippen molar-refractivity contribution in [3.05, 3.63) is 29.8 Å². The third-order valence-electron chi connectivity index (χ3n) is 4.62. The molecule has 7 nitrogen and oxygen atoms in total. The van der Waals surface area contributed by atoms with E-state index in [1.807, 2.05) is 4.90 Å². The number of carbonyl (C=O) groups excluding carboxylic acids is 1. The third-order valence-corrected chi connectivity index (χ3v) is 4.62. The number of aromatic carboxylic acids is 1. The number of nitrogens with one attached hydrogen (secondary N) is 1. The molecule has 2 N–H and O–H groups in total. The lowest BCUT2D eigenvalue weighted by atomic mass is 10.1. The summed E-state index contributed by atoms with van der Waals surface area (Å²) in [6, 6.07) is 6.54. The molecule has 0 aliphatic carbocycles. The van der Waals surface area contributed by atoms with Crippen molar-refractivity contribution in [3.8, 4) is 5.75 Å². The number of carboxylic acids is 1. The van der Waals surface area contributed by atoms with E-state index in [9.17, 15) is 9.59 Å². The summed E-state index contributed by atoms with van der Waals surface area (Å²) in [6.45, 7) is 3.47. The van der Waals surface area contributed by atoms with Crippen LogP contribution in [-0.4, -0.2) is 66.9 Å². The lowest BCUT2D eigenvalue weighted by molar-refractivity contribution is -0.134. The van der Waals surface area contributed by atoms with Gasteiger partial charge in [0.15, 0.2) is 0 Å². The molecule has 1 aromatic rings. The minimum atomic E-state index is -0.948. The number of nitrogens with zero attached hydrogens (tertiary/aromatic N) is 1. The molecule has 2 aliphatic rings. The monoisotopic (exact) mass is 384 g/mol. The summed E-state index contributed by atoms with van der Waals surface area (Å²) in [4.78, 5) is 25.1. The van der Waals surface area contributed by atoms with Gasteiger partial charge in [0.1, 0.15) is 11.9 Å². The summed E-state index contributed by atoms with van der Waals surface area (Å²) in [5.74, 6) is -0.123. The van der Waals surface area contributed by atoms with E-state index in [0.29, 0.717) is 38.5 Å². The average molecular weight is 385 g/mol. The highest BCUT2D eigenvalue weighted by Gasteiger charge is 2.26. The first-order valence-electron chi connectivity index (χ1n) is 8.71. The van der Waals surface area contributed by atoms with Crippen molar-refractivity contribution in [2.45, 2.75) is 31.4 Å². The maximum atomic E-state index is 12.4. The van der Waals surface area contributed by atoms with Crippen LogP contribution in [0.25, 0.3) is 0 Å². The van der Waals surface area contributed by atoms with Gasteiger partial charge >= 0.3 is 5.97 Å². The van der Waals surface area contributed by atoms with Gasteiger partial charge in [0, 0.05) is 44.9 Å². The van der Waals surface area contributed by atoms with Crippen molar-refractivity contribution < 1.29 is 24.2 Å². The van der Waals surface area contributed by atoms with Crippen LogP contribution in [0.4, 0.5) is 0 Å². The number of hydrogen-bond acceptors (Lipinski definition) is 5. The van der Waals surface area contributed by atoms with Crippen LogP contribution in [0.15, 0.2) is 24.3 Å². The zero-order chi connectivity index (χ0) is 17.6. The van der Waals surface area contributed by atoms with Gasteiger partial charge in [-0.25, -0.2) is 4.79 Å². The zero-order valence-electron chi connectivity index (χ0n) is 14.6. The fourth-order valence-corrected chi connectivity index (χ4v) is 3.18. The maximum Gasteiger partial charge on any atom is 0.335 e. The Morgan fingerprint density at radius 1 is 1.23 bits per heavy atom. The number of ether oxygens (including phenoxy) is 2. The van der Waals surface area contributed by atoms with Crippen LogP contribution in [0.2, 0.25) is 0 Å². The molecule has 0 saturated carbocycles. The van der Waals surface area contributed by atoms with Crippen molar-refractivity contribution in [2.24, 2.45) is 0 Å². The molecule has 0 radical (unpaired) electrons. The molecule has 1 unspecified atom stereocenters. The van der Waals surface area contributed by atoms with Crippen LogP contribution in [-0.2, 0) is 9.53 Å². The molecule has 8 heteroatoms. The zero-order valence-corrected chi connectivity index (χ0v) is 15.4. The molecule has 2 saturated heterocycles. The summed E-state index contributed by atoms with van der Waals surface area (Å²) in [7, 11) is 0. The van der Waals surface area contributed by atoms with E-state index in [4.69, 9.17) is 14.6 Å². The Labute approximate surface area is 159 Å². The second-order valence-corrected chi connectivity index (χ2v) is 6.46. The lowest BCUT2D eigenvalue weighted by Gasteiger charge is -2.33. The number of likely N-dealkylation sites (tertiary alicyclic amines) is 1. The van der Waals surface area contributed by atoms with E-state index in [0.717, 1.165) is 19.4 Å². The highest BCUT2D eigenvalue weighted by Crippen LogP contribution is 2.20. The summed E-state index contributed by atoms with van der Waals surface area (Å²) < 4.78 is 11.3. The van der Waals surface area contributed by atoms with Crippen molar-refractivity contribution in [2.75, 3.05) is 32.8 Å². The molecule has 1 atom stereocenters. The molecular formula is C18H25ClN2O5. The molecule has 2 aliphatic heterocycles. The number of carbonyl (C=O) groups is 2. The Kier molecular flexibility index (Phi) is 7.68. The summed E-state index contributed by atoms with van der Waals surface area (Å²) in [5.41, 5.74) is 0.244. The number of amides is 1. The second kappa shape index (κ2) is 9.75. The van der Waals surface area contributed by atoms with Crippen molar-refractivity contribution in [1.82, 2.24) is 10.2 Å². The van der Waals surface area contributed by atoms with Crippen LogP contribution < -0.4 is 10.1 Å². The number of morpholine rings is 1. The highest BCUT2D eigenvalue weighted by molar-refractivity contribution is 5.87. The Bertz CT molecular complexity index is 596. The van der Waals surface area contributed by atoms with Crippen molar-refractivity contribution in [1.29, 1.82) is 0 Å². The first kappa shape index (κ1) is 20.5. The Hall–Kier alpha value is -1.83. The number of piperidine rings is 1. The molecule has 1 amide bonds. The van der Waals surface area contributed by atoms with Gasteiger partial charge in [0.25, 0.3) is 0 Å². The Morgan fingerprint density at radius 2 is 1.92 bits per heavy atom. The first-order valence-corrected chi connectivity index (χ1v) is 8.71. The number of carboxylic acid groups (broad SMARTS) is 1. The van der Waals surface area contributed by atoms with Gasteiger partial charge in [-0.3, -0.25) is 4.79 Å². The summed E-state index contributed by atoms with van der Waals surface area (Å²) in [5, 5.41) is 12.2. The molecule has 26 heavy (non-hydrogen) atoms. The first-order chi connectivity index (χ1) is 12.1. The highest BCUT2D eigenvalue weighted by atomic mass is 35.5. The molecular weight excluding hydrogens is 360 g/mol. The van der Waals surface area contributed by atoms with E-state index >= 15 is 0 Å². The van der Waals surface area contributed by atoms with Crippen LogP contribution in [0.1, 0.15) is 29.6 Å². The average Bonchev–Trinajstić information content (AvgIpc) is 2.63. The van der Waals surface area contributed by atoms with Crippen LogP contribution in [0.3, 0.4) is 0 Å². The smallest absolute Gasteiger partial charge is 0.335 e. The van der Waals surface area contributed by atoms with Crippen LogP contribution in [0.5, 0.6) is 5.75 Å². The van der Waals surface area contributed by atoms with E-state index in [2.05, 4.69) is 5.32 Å². The number of halogens is 1.